The van der Waals surface area contributed by atoms with Crippen LogP contribution in [-0.2, 0) is 4.79 Å². The van der Waals surface area contributed by atoms with Crippen molar-refractivity contribution in [3.8, 4) is 0 Å². The lowest BCUT2D eigenvalue weighted by Gasteiger charge is -2.04. The average molecular weight is 216 g/mol. The molecule has 1 amide bonds. The summed E-state index contributed by atoms with van der Waals surface area (Å²) in [5.74, 6) is -0.0919. The minimum atomic E-state index is -0.0919. The van der Waals surface area contributed by atoms with Gasteiger partial charge in [-0.1, -0.05) is 0 Å². The number of nitrogens with zero attached hydrogens (tertiary/aromatic N) is 2. The molecule has 0 saturated heterocycles. The van der Waals surface area contributed by atoms with E-state index in [2.05, 4.69) is 15.3 Å². The molecule has 1 aromatic heterocycles. The van der Waals surface area contributed by atoms with E-state index < -0.39 is 0 Å². The molecular formula is C11H12N4O. The smallest absolute Gasteiger partial charge is 0.225 e. The Balaban J connectivity index is 2.22. The molecule has 16 heavy (non-hydrogen) atoms. The monoisotopic (exact) mass is 216 g/mol. The van der Waals surface area contributed by atoms with E-state index >= 15 is 0 Å². The van der Waals surface area contributed by atoms with Crippen LogP contribution in [0.15, 0.2) is 30.6 Å². The lowest BCUT2D eigenvalue weighted by atomic mass is 10.2. The lowest BCUT2D eigenvalue weighted by molar-refractivity contribution is -0.116. The zero-order valence-corrected chi connectivity index (χ0v) is 8.68. The maximum Gasteiger partial charge on any atom is 0.225 e. The van der Waals surface area contributed by atoms with Gasteiger partial charge in [-0.15, -0.1) is 0 Å². The number of nitrogens with two attached hydrogens (primary N) is 1. The van der Waals surface area contributed by atoms with Gasteiger partial charge in [0.15, 0.2) is 0 Å². The summed E-state index contributed by atoms with van der Waals surface area (Å²) in [6.07, 6.45) is 3.57. The molecule has 5 heteroatoms. The topological polar surface area (TPSA) is 80.9 Å². The quantitative estimate of drug-likeness (QED) is 0.799. The minimum absolute atomic E-state index is 0.0919. The third-order valence-corrected chi connectivity index (χ3v) is 2.12. The summed E-state index contributed by atoms with van der Waals surface area (Å²) < 4.78 is 0. The Morgan fingerprint density at radius 2 is 2.00 bits per heavy atom. The lowest BCUT2D eigenvalue weighted by Crippen LogP contribution is -2.16. The molecule has 0 atom stereocenters. The number of aromatic nitrogens is 2. The van der Waals surface area contributed by atoms with Crippen molar-refractivity contribution in [1.82, 2.24) is 9.97 Å². The summed E-state index contributed by atoms with van der Waals surface area (Å²) >= 11 is 0. The first-order valence-electron chi connectivity index (χ1n) is 5.00. The van der Waals surface area contributed by atoms with E-state index in [-0.39, 0.29) is 5.91 Å². The average Bonchev–Trinajstić information content (AvgIpc) is 2.29. The van der Waals surface area contributed by atoms with Gasteiger partial charge in [-0.2, -0.15) is 0 Å². The van der Waals surface area contributed by atoms with Crippen LogP contribution in [-0.4, -0.2) is 22.4 Å². The first-order chi connectivity index (χ1) is 7.79. The van der Waals surface area contributed by atoms with E-state index in [4.69, 9.17) is 5.73 Å². The van der Waals surface area contributed by atoms with Crippen LogP contribution in [0.1, 0.15) is 6.42 Å². The summed E-state index contributed by atoms with van der Waals surface area (Å²) in [6.45, 7) is 0.346. The summed E-state index contributed by atoms with van der Waals surface area (Å²) in [6, 6.07) is 5.41. The van der Waals surface area contributed by atoms with Crippen molar-refractivity contribution in [3.05, 3.63) is 30.6 Å². The number of carbonyl (C=O) groups is 1. The van der Waals surface area contributed by atoms with Crippen LogP contribution < -0.4 is 11.1 Å². The molecule has 1 aromatic carbocycles. The number of carbonyl (C=O) groups excluding carboxylic acids is 1. The molecule has 2 rings (SSSR count). The van der Waals surface area contributed by atoms with Crippen LogP contribution in [0.3, 0.4) is 0 Å². The molecule has 0 aliphatic carbocycles. The predicted octanol–water partition coefficient (Wildman–Crippen LogP) is 0.917. The first-order valence-corrected chi connectivity index (χ1v) is 5.00. The first kappa shape index (κ1) is 10.5. The van der Waals surface area contributed by atoms with Gasteiger partial charge in [0, 0.05) is 31.0 Å². The molecule has 2 aromatic rings. The molecule has 0 radical (unpaired) electrons. The van der Waals surface area contributed by atoms with Crippen molar-refractivity contribution < 1.29 is 4.79 Å². The van der Waals surface area contributed by atoms with Gasteiger partial charge >= 0.3 is 0 Å². The molecule has 5 nitrogen and oxygen atoms in total. The second-order valence-corrected chi connectivity index (χ2v) is 3.35. The molecule has 0 saturated carbocycles. The Kier molecular flexibility index (Phi) is 3.07. The molecule has 1 heterocycles. The van der Waals surface area contributed by atoms with E-state index in [9.17, 15) is 4.79 Å². The molecule has 0 unspecified atom stereocenters. The number of amides is 1. The van der Waals surface area contributed by atoms with Gasteiger partial charge in [-0.3, -0.25) is 14.8 Å². The molecule has 0 aliphatic rings. The van der Waals surface area contributed by atoms with Crippen LogP contribution in [0.25, 0.3) is 11.0 Å². The van der Waals surface area contributed by atoms with E-state index in [0.29, 0.717) is 18.7 Å². The van der Waals surface area contributed by atoms with Crippen molar-refractivity contribution in [1.29, 1.82) is 0 Å². The van der Waals surface area contributed by atoms with Crippen LogP contribution in [0.5, 0.6) is 0 Å². The molecule has 0 spiro atoms. The number of nitrogens with one attached hydrogen (secondary N) is 1. The van der Waals surface area contributed by atoms with Crippen molar-refractivity contribution in [2.45, 2.75) is 6.42 Å². The number of anilines is 1. The fraction of sp³-hybridized carbons (Fsp3) is 0.182. The van der Waals surface area contributed by atoms with Crippen molar-refractivity contribution in [2.24, 2.45) is 5.73 Å². The SMILES string of the molecule is NCCC(=O)Nc1ccc2nccnc2c1. The molecule has 0 fully saturated rings. The Morgan fingerprint density at radius 1 is 1.25 bits per heavy atom. The van der Waals surface area contributed by atoms with Gasteiger partial charge in [-0.05, 0) is 18.2 Å². The highest BCUT2D eigenvalue weighted by atomic mass is 16.1. The van der Waals surface area contributed by atoms with Gasteiger partial charge in [0.25, 0.3) is 0 Å². The van der Waals surface area contributed by atoms with Gasteiger partial charge in [0.05, 0.1) is 11.0 Å². The highest BCUT2D eigenvalue weighted by Gasteiger charge is 2.02. The highest BCUT2D eigenvalue weighted by molar-refractivity contribution is 5.92. The number of fused-ring (bicyclic) bond motifs is 1. The second-order valence-electron chi connectivity index (χ2n) is 3.35. The maximum absolute atomic E-state index is 11.3. The van der Waals surface area contributed by atoms with Gasteiger partial charge in [-0.25, -0.2) is 0 Å². The summed E-state index contributed by atoms with van der Waals surface area (Å²) in [5, 5.41) is 2.75. The van der Waals surface area contributed by atoms with E-state index in [1.807, 2.05) is 6.07 Å². The van der Waals surface area contributed by atoms with Gasteiger partial charge in [0.1, 0.15) is 0 Å². The van der Waals surface area contributed by atoms with E-state index in [1.165, 1.54) is 0 Å². The van der Waals surface area contributed by atoms with Crippen LogP contribution >= 0.6 is 0 Å². The Labute approximate surface area is 92.7 Å². The maximum atomic E-state index is 11.3. The van der Waals surface area contributed by atoms with Crippen molar-refractivity contribution in [3.63, 3.8) is 0 Å². The zero-order valence-electron chi connectivity index (χ0n) is 8.68. The molecule has 0 aliphatic heterocycles. The van der Waals surface area contributed by atoms with Gasteiger partial charge < -0.3 is 11.1 Å². The highest BCUT2D eigenvalue weighted by Crippen LogP contribution is 2.14. The minimum Gasteiger partial charge on any atom is -0.330 e. The van der Waals surface area contributed by atoms with Crippen LogP contribution in [0.4, 0.5) is 5.69 Å². The molecule has 82 valence electrons. The Bertz CT molecular complexity index is 512. The van der Waals surface area contributed by atoms with Crippen LogP contribution in [0, 0.1) is 0 Å². The number of hydrogen-bond donors (Lipinski definition) is 2. The fourth-order valence-corrected chi connectivity index (χ4v) is 1.40. The van der Waals surface area contributed by atoms with E-state index in [0.717, 1.165) is 11.0 Å². The summed E-state index contributed by atoms with van der Waals surface area (Å²) in [5.41, 5.74) is 7.57. The largest absolute Gasteiger partial charge is 0.330 e. The Morgan fingerprint density at radius 3 is 2.75 bits per heavy atom. The predicted molar refractivity (Wildman–Crippen MR) is 61.8 cm³/mol. The molecular weight excluding hydrogens is 204 g/mol. The summed E-state index contributed by atoms with van der Waals surface area (Å²) in [4.78, 5) is 19.6. The second kappa shape index (κ2) is 4.67. The fourth-order valence-electron chi connectivity index (χ4n) is 1.40. The van der Waals surface area contributed by atoms with Crippen molar-refractivity contribution >= 4 is 22.6 Å². The van der Waals surface area contributed by atoms with Gasteiger partial charge in [0.2, 0.25) is 5.91 Å². The van der Waals surface area contributed by atoms with E-state index in [1.54, 1.807) is 24.5 Å². The Hall–Kier alpha value is -2.01. The van der Waals surface area contributed by atoms with Crippen LogP contribution in [0.2, 0.25) is 0 Å². The standard InChI is InChI=1S/C11H12N4O/c12-4-3-11(16)15-8-1-2-9-10(7-8)14-6-5-13-9/h1-2,5-7H,3-4,12H2,(H,15,16). The normalized spacial score (nSPS) is 10.3. The summed E-state index contributed by atoms with van der Waals surface area (Å²) in [7, 11) is 0. The third kappa shape index (κ3) is 2.32. The number of hydrogen-bond acceptors (Lipinski definition) is 4. The van der Waals surface area contributed by atoms with Crippen molar-refractivity contribution in [2.75, 3.05) is 11.9 Å². The third-order valence-electron chi connectivity index (χ3n) is 2.12. The number of benzene rings is 1. The molecule has 3 N–H and O–H groups in total. The molecule has 0 bridgehead atoms. The number of rotatable bonds is 3. The zero-order chi connectivity index (χ0) is 11.4.